The third-order valence-corrected chi connectivity index (χ3v) is 1.83. The molecule has 82 valence electrons. The highest BCUT2D eigenvalue weighted by molar-refractivity contribution is 5.92. The molecule has 0 aliphatic carbocycles. The highest BCUT2D eigenvalue weighted by Crippen LogP contribution is 2.08. The fraction of sp³-hybridized carbons (Fsp3) is 0.400. The number of aliphatic hydroxyl groups excluding tert-OH is 1. The van der Waals surface area contributed by atoms with Crippen LogP contribution in [0, 0.1) is 0 Å². The van der Waals surface area contributed by atoms with Crippen LogP contribution >= 0.6 is 0 Å². The molecule has 0 fully saturated rings. The molecule has 0 saturated heterocycles. The van der Waals surface area contributed by atoms with Crippen LogP contribution in [0.15, 0.2) is 18.3 Å². The van der Waals surface area contributed by atoms with Crippen molar-refractivity contribution in [2.45, 2.75) is 0 Å². The fourth-order valence-electron chi connectivity index (χ4n) is 1.09. The molecule has 0 saturated carbocycles. The van der Waals surface area contributed by atoms with Gasteiger partial charge in [0.2, 0.25) is 0 Å². The number of pyridine rings is 1. The van der Waals surface area contributed by atoms with E-state index in [1.165, 1.54) is 4.90 Å². The fourth-order valence-corrected chi connectivity index (χ4v) is 1.09. The Kier molecular flexibility index (Phi) is 4.05. The lowest BCUT2D eigenvalue weighted by atomic mass is 10.3. The van der Waals surface area contributed by atoms with Gasteiger partial charge in [-0.05, 0) is 12.1 Å². The minimum absolute atomic E-state index is 0.0548. The molecule has 1 rings (SSSR count). The van der Waals surface area contributed by atoms with Gasteiger partial charge in [0.25, 0.3) is 5.91 Å². The summed E-state index contributed by atoms with van der Waals surface area (Å²) in [5.41, 5.74) is 1.17. The smallest absolute Gasteiger partial charge is 0.272 e. The van der Waals surface area contributed by atoms with Gasteiger partial charge in [-0.2, -0.15) is 0 Å². The summed E-state index contributed by atoms with van der Waals surface area (Å²) in [5.74, 6) is -0.136. The molecule has 1 heterocycles. The number of carbonyl (C=O) groups excluding carboxylic acids is 1. The van der Waals surface area contributed by atoms with Crippen LogP contribution in [0.25, 0.3) is 0 Å². The SMILES string of the molecule is CN(C)C(=O)c1cc(NCCO)ccn1. The number of carbonyl (C=O) groups is 1. The van der Waals surface area contributed by atoms with Gasteiger partial charge in [0.05, 0.1) is 6.61 Å². The molecular formula is C10H15N3O2. The Balaban J connectivity index is 2.78. The van der Waals surface area contributed by atoms with Gasteiger partial charge in [-0.15, -0.1) is 0 Å². The first-order valence-electron chi connectivity index (χ1n) is 4.67. The lowest BCUT2D eigenvalue weighted by Gasteiger charge is -2.10. The summed E-state index contributed by atoms with van der Waals surface area (Å²) in [5, 5.41) is 11.6. The molecule has 0 aromatic carbocycles. The van der Waals surface area contributed by atoms with E-state index in [2.05, 4.69) is 10.3 Å². The molecule has 15 heavy (non-hydrogen) atoms. The second-order valence-electron chi connectivity index (χ2n) is 3.28. The first kappa shape index (κ1) is 11.5. The van der Waals surface area contributed by atoms with E-state index in [4.69, 9.17) is 5.11 Å². The number of anilines is 1. The van der Waals surface area contributed by atoms with Crippen molar-refractivity contribution in [3.8, 4) is 0 Å². The van der Waals surface area contributed by atoms with Crippen molar-refractivity contribution >= 4 is 11.6 Å². The first-order valence-corrected chi connectivity index (χ1v) is 4.67. The predicted octanol–water partition coefficient (Wildman–Crippen LogP) is 0.188. The van der Waals surface area contributed by atoms with E-state index in [1.807, 2.05) is 0 Å². The zero-order valence-corrected chi connectivity index (χ0v) is 8.90. The molecule has 1 amide bonds. The number of aromatic nitrogens is 1. The second-order valence-corrected chi connectivity index (χ2v) is 3.28. The van der Waals surface area contributed by atoms with Crippen LogP contribution in [-0.2, 0) is 0 Å². The van der Waals surface area contributed by atoms with Gasteiger partial charge in [0.15, 0.2) is 0 Å². The van der Waals surface area contributed by atoms with Crippen LogP contribution in [0.3, 0.4) is 0 Å². The number of rotatable bonds is 4. The van der Waals surface area contributed by atoms with Gasteiger partial charge < -0.3 is 15.3 Å². The van der Waals surface area contributed by atoms with Gasteiger partial charge in [0.1, 0.15) is 5.69 Å². The minimum Gasteiger partial charge on any atom is -0.395 e. The van der Waals surface area contributed by atoms with E-state index in [-0.39, 0.29) is 12.5 Å². The van der Waals surface area contributed by atoms with Crippen LogP contribution in [0.2, 0.25) is 0 Å². The third-order valence-electron chi connectivity index (χ3n) is 1.83. The topological polar surface area (TPSA) is 65.5 Å². The number of hydrogen-bond acceptors (Lipinski definition) is 4. The lowest BCUT2D eigenvalue weighted by molar-refractivity contribution is 0.0822. The molecule has 0 unspecified atom stereocenters. The van der Waals surface area contributed by atoms with Crippen molar-refractivity contribution in [1.29, 1.82) is 0 Å². The van der Waals surface area contributed by atoms with Gasteiger partial charge in [-0.3, -0.25) is 9.78 Å². The second kappa shape index (κ2) is 5.31. The number of hydrogen-bond donors (Lipinski definition) is 2. The van der Waals surface area contributed by atoms with Crippen molar-refractivity contribution < 1.29 is 9.90 Å². The monoisotopic (exact) mass is 209 g/mol. The largest absolute Gasteiger partial charge is 0.395 e. The standard InChI is InChI=1S/C10H15N3O2/c1-13(2)10(15)9-7-8(3-4-12-9)11-5-6-14/h3-4,7,14H,5-6H2,1-2H3,(H,11,12). The Bertz CT molecular complexity index is 339. The van der Waals surface area contributed by atoms with Crippen LogP contribution < -0.4 is 5.32 Å². The molecule has 0 atom stereocenters. The van der Waals surface area contributed by atoms with Gasteiger partial charge in [-0.1, -0.05) is 0 Å². The maximum atomic E-state index is 11.6. The molecule has 0 aliphatic heterocycles. The van der Waals surface area contributed by atoms with Crippen molar-refractivity contribution in [2.24, 2.45) is 0 Å². The van der Waals surface area contributed by atoms with E-state index in [0.717, 1.165) is 5.69 Å². The van der Waals surface area contributed by atoms with Gasteiger partial charge in [-0.25, -0.2) is 0 Å². The molecule has 0 spiro atoms. The number of nitrogens with zero attached hydrogens (tertiary/aromatic N) is 2. The molecule has 0 bridgehead atoms. The molecule has 5 heteroatoms. The molecule has 1 aromatic heterocycles. The zero-order valence-electron chi connectivity index (χ0n) is 8.90. The van der Waals surface area contributed by atoms with Gasteiger partial charge >= 0.3 is 0 Å². The minimum atomic E-state index is -0.136. The zero-order chi connectivity index (χ0) is 11.3. The Morgan fingerprint density at radius 2 is 2.33 bits per heavy atom. The van der Waals surface area contributed by atoms with E-state index in [0.29, 0.717) is 12.2 Å². The highest BCUT2D eigenvalue weighted by atomic mass is 16.3. The quantitative estimate of drug-likeness (QED) is 0.742. The summed E-state index contributed by atoms with van der Waals surface area (Å²) in [7, 11) is 3.36. The normalized spacial score (nSPS) is 9.80. The van der Waals surface area contributed by atoms with E-state index >= 15 is 0 Å². The van der Waals surface area contributed by atoms with Crippen LogP contribution in [0.5, 0.6) is 0 Å². The summed E-state index contributed by atoms with van der Waals surface area (Å²) in [4.78, 5) is 17.0. The van der Waals surface area contributed by atoms with Crippen LogP contribution in [0.1, 0.15) is 10.5 Å². The third kappa shape index (κ3) is 3.21. The van der Waals surface area contributed by atoms with Crippen molar-refractivity contribution in [1.82, 2.24) is 9.88 Å². The molecule has 0 aliphatic rings. The Labute approximate surface area is 88.7 Å². The molecule has 5 nitrogen and oxygen atoms in total. The molecule has 0 radical (unpaired) electrons. The summed E-state index contributed by atoms with van der Waals surface area (Å²) in [6.45, 7) is 0.513. The lowest BCUT2D eigenvalue weighted by Crippen LogP contribution is -2.22. The Morgan fingerprint density at radius 3 is 2.93 bits per heavy atom. The Morgan fingerprint density at radius 1 is 1.60 bits per heavy atom. The maximum absolute atomic E-state index is 11.6. The average molecular weight is 209 g/mol. The van der Waals surface area contributed by atoms with Crippen molar-refractivity contribution in [3.63, 3.8) is 0 Å². The van der Waals surface area contributed by atoms with E-state index in [1.54, 1.807) is 32.4 Å². The van der Waals surface area contributed by atoms with E-state index < -0.39 is 0 Å². The summed E-state index contributed by atoms with van der Waals surface area (Å²) >= 11 is 0. The summed E-state index contributed by atoms with van der Waals surface area (Å²) in [6.07, 6.45) is 1.57. The molecule has 1 aromatic rings. The summed E-state index contributed by atoms with van der Waals surface area (Å²) < 4.78 is 0. The molecule has 2 N–H and O–H groups in total. The van der Waals surface area contributed by atoms with Crippen molar-refractivity contribution in [2.75, 3.05) is 32.6 Å². The maximum Gasteiger partial charge on any atom is 0.272 e. The molecular weight excluding hydrogens is 194 g/mol. The van der Waals surface area contributed by atoms with Gasteiger partial charge in [0, 0.05) is 32.5 Å². The Hall–Kier alpha value is -1.62. The van der Waals surface area contributed by atoms with Crippen LogP contribution in [-0.4, -0.2) is 48.1 Å². The van der Waals surface area contributed by atoms with Crippen LogP contribution in [0.4, 0.5) is 5.69 Å². The predicted molar refractivity (Wildman–Crippen MR) is 57.8 cm³/mol. The number of nitrogens with one attached hydrogen (secondary N) is 1. The highest BCUT2D eigenvalue weighted by Gasteiger charge is 2.09. The van der Waals surface area contributed by atoms with E-state index in [9.17, 15) is 4.79 Å². The first-order chi connectivity index (χ1) is 7.15. The number of amides is 1. The average Bonchev–Trinajstić information content (AvgIpc) is 2.25. The van der Waals surface area contributed by atoms with Crippen molar-refractivity contribution in [3.05, 3.63) is 24.0 Å². The number of aliphatic hydroxyl groups is 1. The summed E-state index contributed by atoms with van der Waals surface area (Å²) in [6, 6.07) is 3.42.